The van der Waals surface area contributed by atoms with Gasteiger partial charge in [0.15, 0.2) is 12.4 Å². The maximum absolute atomic E-state index is 12.6. The van der Waals surface area contributed by atoms with Gasteiger partial charge in [-0.05, 0) is 38.0 Å². The summed E-state index contributed by atoms with van der Waals surface area (Å²) < 4.78 is 32.6. The first-order valence-corrected chi connectivity index (χ1v) is 11.5. The quantitative estimate of drug-likeness (QED) is 0.550. The molecular weight excluding hydrogens is 465 g/mol. The van der Waals surface area contributed by atoms with E-state index >= 15 is 0 Å². The van der Waals surface area contributed by atoms with Crippen LogP contribution >= 0.6 is 23.2 Å². The fourth-order valence-electron chi connectivity index (χ4n) is 2.45. The lowest BCUT2D eigenvalue weighted by Crippen LogP contribution is -2.45. The molecule has 0 bridgehead atoms. The number of pyridine rings is 1. The van der Waals surface area contributed by atoms with E-state index in [1.165, 1.54) is 18.2 Å². The SMILES string of the molecule is Cc1ccc(S(=O)(=O)N[C@@H](C(=O)OCC(=O)Nc2nc(C)c(Cl)cc2Cl)C(C)C)cc1. The summed E-state index contributed by atoms with van der Waals surface area (Å²) in [4.78, 5) is 28.7. The molecule has 31 heavy (non-hydrogen) atoms. The second-order valence-electron chi connectivity index (χ2n) is 7.20. The zero-order chi connectivity index (χ0) is 23.3. The number of aryl methyl sites for hydroxylation is 2. The Balaban J connectivity index is 2.03. The average Bonchev–Trinajstić information content (AvgIpc) is 2.68. The number of carbonyl (C=O) groups is 2. The number of hydrogen-bond acceptors (Lipinski definition) is 6. The number of benzene rings is 1. The minimum atomic E-state index is -3.96. The largest absolute Gasteiger partial charge is 0.454 e. The van der Waals surface area contributed by atoms with E-state index in [9.17, 15) is 18.0 Å². The molecule has 2 rings (SSSR count). The van der Waals surface area contributed by atoms with E-state index in [-0.39, 0.29) is 15.7 Å². The third-order valence-electron chi connectivity index (χ3n) is 4.24. The summed E-state index contributed by atoms with van der Waals surface area (Å²) in [7, 11) is -3.96. The van der Waals surface area contributed by atoms with Gasteiger partial charge in [-0.25, -0.2) is 13.4 Å². The van der Waals surface area contributed by atoms with Gasteiger partial charge in [0.1, 0.15) is 6.04 Å². The van der Waals surface area contributed by atoms with Gasteiger partial charge in [0.25, 0.3) is 5.91 Å². The second kappa shape index (κ2) is 10.4. The molecule has 1 heterocycles. The van der Waals surface area contributed by atoms with Gasteiger partial charge in [-0.2, -0.15) is 4.72 Å². The lowest BCUT2D eigenvalue weighted by molar-refractivity contribution is -0.150. The Kier molecular flexibility index (Phi) is 8.41. The van der Waals surface area contributed by atoms with E-state index in [0.717, 1.165) is 5.56 Å². The van der Waals surface area contributed by atoms with Crippen molar-refractivity contribution in [3.8, 4) is 0 Å². The molecule has 8 nitrogen and oxygen atoms in total. The predicted octanol–water partition coefficient (Wildman–Crippen LogP) is 3.49. The molecule has 2 aromatic rings. The van der Waals surface area contributed by atoms with Crippen molar-refractivity contribution in [2.24, 2.45) is 5.92 Å². The summed E-state index contributed by atoms with van der Waals surface area (Å²) >= 11 is 11.9. The summed E-state index contributed by atoms with van der Waals surface area (Å²) in [5, 5.41) is 2.89. The first kappa shape index (κ1) is 25.1. The van der Waals surface area contributed by atoms with Crippen LogP contribution in [0.2, 0.25) is 10.0 Å². The molecule has 0 fully saturated rings. The van der Waals surface area contributed by atoms with Crippen LogP contribution in [0.3, 0.4) is 0 Å². The Morgan fingerprint density at radius 2 is 1.71 bits per heavy atom. The Morgan fingerprint density at radius 1 is 1.10 bits per heavy atom. The van der Waals surface area contributed by atoms with Gasteiger partial charge in [0.05, 0.1) is 20.6 Å². The van der Waals surface area contributed by atoms with Crippen LogP contribution in [0.25, 0.3) is 0 Å². The monoisotopic (exact) mass is 487 g/mol. The Morgan fingerprint density at radius 3 is 2.29 bits per heavy atom. The summed E-state index contributed by atoms with van der Waals surface area (Å²) in [6.07, 6.45) is 0. The molecule has 0 saturated carbocycles. The van der Waals surface area contributed by atoms with Crippen LogP contribution in [0.1, 0.15) is 25.1 Å². The molecule has 1 amide bonds. The fraction of sp³-hybridized carbons (Fsp3) is 0.350. The summed E-state index contributed by atoms with van der Waals surface area (Å²) in [6, 6.07) is 6.44. The molecular formula is C20H23Cl2N3O5S. The number of amides is 1. The highest BCUT2D eigenvalue weighted by Gasteiger charge is 2.30. The number of nitrogens with zero attached hydrogens (tertiary/aromatic N) is 1. The number of esters is 1. The topological polar surface area (TPSA) is 114 Å². The maximum Gasteiger partial charge on any atom is 0.324 e. The van der Waals surface area contributed by atoms with Crippen molar-refractivity contribution >= 4 is 50.9 Å². The highest BCUT2D eigenvalue weighted by Crippen LogP contribution is 2.25. The van der Waals surface area contributed by atoms with Gasteiger partial charge >= 0.3 is 5.97 Å². The van der Waals surface area contributed by atoms with Gasteiger partial charge < -0.3 is 10.1 Å². The third-order valence-corrected chi connectivity index (χ3v) is 6.37. The lowest BCUT2D eigenvalue weighted by atomic mass is 10.1. The van der Waals surface area contributed by atoms with Crippen LogP contribution in [-0.2, 0) is 24.3 Å². The number of rotatable bonds is 8. The minimum absolute atomic E-state index is 0.0214. The molecule has 0 unspecified atom stereocenters. The molecule has 168 valence electrons. The van der Waals surface area contributed by atoms with E-state index in [1.54, 1.807) is 32.9 Å². The standard InChI is InChI=1S/C20H23Cl2N3O5S/c1-11(2)18(25-31(28,29)14-7-5-12(3)6-8-14)20(27)30-10-17(26)24-19-16(22)9-15(21)13(4)23-19/h5-9,11,18,25H,10H2,1-4H3,(H,23,24,26)/t18-/m1/s1. The van der Waals surface area contributed by atoms with Gasteiger partial charge in [-0.1, -0.05) is 54.7 Å². The summed E-state index contributed by atoms with van der Waals surface area (Å²) in [6.45, 7) is 6.14. The third kappa shape index (κ3) is 6.90. The molecule has 0 aliphatic carbocycles. The molecule has 0 aliphatic rings. The Hall–Kier alpha value is -2.20. The zero-order valence-corrected chi connectivity index (χ0v) is 19.7. The van der Waals surface area contributed by atoms with Crippen molar-refractivity contribution in [2.45, 2.75) is 38.6 Å². The molecule has 1 aromatic carbocycles. The van der Waals surface area contributed by atoms with Gasteiger partial charge in [0, 0.05) is 0 Å². The summed E-state index contributed by atoms with van der Waals surface area (Å²) in [5.74, 6) is -1.92. The Bertz CT molecular complexity index is 1070. The molecule has 0 spiro atoms. The molecule has 0 saturated heterocycles. The number of halogens is 2. The number of sulfonamides is 1. The number of aromatic nitrogens is 1. The maximum atomic E-state index is 12.6. The predicted molar refractivity (Wildman–Crippen MR) is 119 cm³/mol. The lowest BCUT2D eigenvalue weighted by Gasteiger charge is -2.20. The van der Waals surface area contributed by atoms with E-state index < -0.39 is 40.5 Å². The average molecular weight is 488 g/mol. The van der Waals surface area contributed by atoms with Crippen molar-refractivity contribution in [2.75, 3.05) is 11.9 Å². The molecule has 1 atom stereocenters. The van der Waals surface area contributed by atoms with E-state index in [0.29, 0.717) is 10.7 Å². The number of anilines is 1. The van der Waals surface area contributed by atoms with Crippen LogP contribution < -0.4 is 10.0 Å². The highest BCUT2D eigenvalue weighted by molar-refractivity contribution is 7.89. The van der Waals surface area contributed by atoms with Crippen molar-refractivity contribution in [3.05, 3.63) is 51.6 Å². The molecule has 2 N–H and O–H groups in total. The van der Waals surface area contributed by atoms with Crippen LogP contribution in [0.5, 0.6) is 0 Å². The second-order valence-corrected chi connectivity index (χ2v) is 9.73. The normalized spacial score (nSPS) is 12.5. The number of nitrogens with one attached hydrogen (secondary N) is 2. The van der Waals surface area contributed by atoms with Crippen LogP contribution in [-0.4, -0.2) is 37.9 Å². The van der Waals surface area contributed by atoms with E-state index in [1.807, 2.05) is 6.92 Å². The van der Waals surface area contributed by atoms with E-state index in [2.05, 4.69) is 15.0 Å². The molecule has 1 aromatic heterocycles. The molecule has 0 aliphatic heterocycles. The highest BCUT2D eigenvalue weighted by atomic mass is 35.5. The first-order valence-electron chi connectivity index (χ1n) is 9.29. The van der Waals surface area contributed by atoms with E-state index in [4.69, 9.17) is 27.9 Å². The number of carbonyl (C=O) groups excluding carboxylic acids is 2. The zero-order valence-electron chi connectivity index (χ0n) is 17.4. The van der Waals surface area contributed by atoms with Crippen LogP contribution in [0.4, 0.5) is 5.82 Å². The van der Waals surface area contributed by atoms with Crippen molar-refractivity contribution < 1.29 is 22.7 Å². The number of ether oxygens (including phenoxy) is 1. The fourth-order valence-corrected chi connectivity index (χ4v) is 4.19. The van der Waals surface area contributed by atoms with Crippen molar-refractivity contribution in [1.82, 2.24) is 9.71 Å². The van der Waals surface area contributed by atoms with Crippen molar-refractivity contribution in [3.63, 3.8) is 0 Å². The first-order chi connectivity index (χ1) is 14.4. The van der Waals surface area contributed by atoms with Gasteiger partial charge in [-0.15, -0.1) is 0 Å². The molecule has 11 heteroatoms. The van der Waals surface area contributed by atoms with Crippen molar-refractivity contribution in [1.29, 1.82) is 0 Å². The van der Waals surface area contributed by atoms with Gasteiger partial charge in [-0.3, -0.25) is 9.59 Å². The summed E-state index contributed by atoms with van der Waals surface area (Å²) in [5.41, 5.74) is 1.36. The number of hydrogen-bond donors (Lipinski definition) is 2. The Labute approximate surface area is 191 Å². The van der Waals surface area contributed by atoms with Crippen LogP contribution in [0, 0.1) is 19.8 Å². The minimum Gasteiger partial charge on any atom is -0.454 e. The molecule has 0 radical (unpaired) electrons. The smallest absolute Gasteiger partial charge is 0.324 e. The van der Waals surface area contributed by atoms with Crippen LogP contribution in [0.15, 0.2) is 35.2 Å². The van der Waals surface area contributed by atoms with Gasteiger partial charge in [0.2, 0.25) is 10.0 Å².